The molecule has 1 aliphatic heterocycles. The van der Waals surface area contributed by atoms with Gasteiger partial charge in [-0.2, -0.15) is 5.10 Å². The second-order valence-electron chi connectivity index (χ2n) is 8.66. The molecule has 1 aliphatic rings. The molecule has 0 bridgehead atoms. The normalized spacial score (nSPS) is 14.6. The van der Waals surface area contributed by atoms with Crippen LogP contribution in [-0.2, 0) is 20.0 Å². The molecule has 0 spiro atoms. The van der Waals surface area contributed by atoms with Crippen molar-refractivity contribution in [3.63, 3.8) is 0 Å². The maximum absolute atomic E-state index is 13.2. The van der Waals surface area contributed by atoms with E-state index in [1.54, 1.807) is 6.20 Å². The number of piperidine rings is 1. The zero-order valence-corrected chi connectivity index (χ0v) is 18.7. The molecule has 1 saturated heterocycles. The van der Waals surface area contributed by atoms with E-state index in [1.165, 1.54) is 43.5 Å². The van der Waals surface area contributed by atoms with Crippen LogP contribution in [0.5, 0.6) is 0 Å². The van der Waals surface area contributed by atoms with E-state index < -0.39 is 0 Å². The summed E-state index contributed by atoms with van der Waals surface area (Å²) in [5.41, 5.74) is 4.21. The third kappa shape index (κ3) is 4.68. The summed E-state index contributed by atoms with van der Waals surface area (Å²) in [6.07, 6.45) is 9.40. The fraction of sp³-hybridized carbons (Fsp3) is 0.308. The van der Waals surface area contributed by atoms with Crippen molar-refractivity contribution in [1.29, 1.82) is 0 Å². The van der Waals surface area contributed by atoms with E-state index in [1.807, 2.05) is 36.3 Å². The molecule has 0 radical (unpaired) electrons. The Morgan fingerprint density at radius 3 is 2.52 bits per heavy atom. The first-order chi connectivity index (χ1) is 16.1. The maximum atomic E-state index is 13.2. The highest BCUT2D eigenvalue weighted by Gasteiger charge is 2.18. The van der Waals surface area contributed by atoms with E-state index in [2.05, 4.69) is 20.0 Å². The van der Waals surface area contributed by atoms with Gasteiger partial charge in [0.05, 0.1) is 24.0 Å². The molecule has 168 valence electrons. The van der Waals surface area contributed by atoms with Gasteiger partial charge < -0.3 is 0 Å². The summed E-state index contributed by atoms with van der Waals surface area (Å²) >= 11 is 0. The summed E-state index contributed by atoms with van der Waals surface area (Å²) in [5.74, 6) is -0.447. The van der Waals surface area contributed by atoms with Gasteiger partial charge in [0.25, 0.3) is 0 Å². The minimum atomic E-state index is -0.356. The number of carbonyl (C=O) groups is 1. The van der Waals surface area contributed by atoms with Gasteiger partial charge >= 0.3 is 0 Å². The third-order valence-corrected chi connectivity index (χ3v) is 6.33. The van der Waals surface area contributed by atoms with E-state index in [-0.39, 0.29) is 18.0 Å². The fourth-order valence-electron chi connectivity index (χ4n) is 4.42. The number of Topliss-reactive ketones (excluding diaryl/α,β-unsaturated/α-hetero) is 1. The van der Waals surface area contributed by atoms with E-state index >= 15 is 0 Å². The fourth-order valence-corrected chi connectivity index (χ4v) is 4.42. The van der Waals surface area contributed by atoms with Crippen molar-refractivity contribution in [3.05, 3.63) is 77.8 Å². The summed E-state index contributed by atoms with van der Waals surface area (Å²) in [6, 6.07) is 9.59. The first-order valence-electron chi connectivity index (χ1n) is 11.3. The van der Waals surface area contributed by atoms with Gasteiger partial charge in [0.2, 0.25) is 0 Å². The van der Waals surface area contributed by atoms with E-state index in [9.17, 15) is 9.18 Å². The van der Waals surface area contributed by atoms with Crippen LogP contribution < -0.4 is 0 Å². The molecule has 7 heteroatoms. The minimum absolute atomic E-state index is 0.0905. The predicted molar refractivity (Wildman–Crippen MR) is 125 cm³/mol. The number of likely N-dealkylation sites (tertiary alicyclic amines) is 1. The minimum Gasteiger partial charge on any atom is -0.298 e. The van der Waals surface area contributed by atoms with Crippen molar-refractivity contribution in [2.45, 2.75) is 32.2 Å². The van der Waals surface area contributed by atoms with Crippen molar-refractivity contribution < 1.29 is 9.18 Å². The van der Waals surface area contributed by atoms with Gasteiger partial charge in [0.15, 0.2) is 5.78 Å². The Bertz CT molecular complexity index is 1290. The smallest absolute Gasteiger partial charge is 0.168 e. The number of nitrogens with zero attached hydrogens (tertiary/aromatic N) is 5. The van der Waals surface area contributed by atoms with Gasteiger partial charge in [-0.1, -0.05) is 6.42 Å². The Kier molecular flexibility index (Phi) is 5.96. The Hall–Kier alpha value is -3.45. The number of hydrogen-bond acceptors (Lipinski definition) is 5. The molecule has 4 heterocycles. The zero-order valence-electron chi connectivity index (χ0n) is 18.7. The van der Waals surface area contributed by atoms with Crippen LogP contribution in [-0.4, -0.2) is 43.5 Å². The molecular weight excluding hydrogens is 417 g/mol. The molecular formula is C26H26FN5O. The highest BCUT2D eigenvalue weighted by atomic mass is 19.1. The first-order valence-corrected chi connectivity index (χ1v) is 11.3. The number of hydrogen-bond donors (Lipinski definition) is 0. The largest absolute Gasteiger partial charge is 0.298 e. The van der Waals surface area contributed by atoms with Gasteiger partial charge in [0.1, 0.15) is 5.82 Å². The highest BCUT2D eigenvalue weighted by Crippen LogP contribution is 2.27. The van der Waals surface area contributed by atoms with Crippen molar-refractivity contribution >= 4 is 16.6 Å². The summed E-state index contributed by atoms with van der Waals surface area (Å²) < 4.78 is 15.1. The SMILES string of the molecule is Cn1ncc(-c2cc3cc(CC(=O)c4ccc(F)cc4)ncc3cn2)c1CN1CCCCC1. The number of rotatable bonds is 6. The summed E-state index contributed by atoms with van der Waals surface area (Å²) in [5, 5.41) is 6.39. The molecule has 0 saturated carbocycles. The van der Waals surface area contributed by atoms with Crippen LogP contribution in [0, 0.1) is 5.82 Å². The number of halogens is 1. The Balaban J connectivity index is 1.41. The van der Waals surface area contributed by atoms with Gasteiger partial charge in [-0.25, -0.2) is 4.39 Å². The Labute approximate surface area is 192 Å². The number of ketones is 1. The van der Waals surface area contributed by atoms with Crippen molar-refractivity contribution in [2.75, 3.05) is 13.1 Å². The quantitative estimate of drug-likeness (QED) is 0.408. The maximum Gasteiger partial charge on any atom is 0.168 e. The highest BCUT2D eigenvalue weighted by molar-refractivity contribution is 5.97. The van der Waals surface area contributed by atoms with Gasteiger partial charge in [-0.05, 0) is 67.7 Å². The molecule has 33 heavy (non-hydrogen) atoms. The van der Waals surface area contributed by atoms with Crippen LogP contribution in [0.1, 0.15) is 41.0 Å². The lowest BCUT2D eigenvalue weighted by Crippen LogP contribution is -2.30. The van der Waals surface area contributed by atoms with Crippen LogP contribution in [0.25, 0.3) is 22.0 Å². The summed E-state index contributed by atoms with van der Waals surface area (Å²) in [7, 11) is 1.98. The van der Waals surface area contributed by atoms with Crippen molar-refractivity contribution in [2.24, 2.45) is 7.05 Å². The van der Waals surface area contributed by atoms with E-state index in [0.717, 1.165) is 47.4 Å². The molecule has 0 unspecified atom stereocenters. The van der Waals surface area contributed by atoms with Crippen molar-refractivity contribution in [1.82, 2.24) is 24.6 Å². The van der Waals surface area contributed by atoms with Crippen LogP contribution in [0.2, 0.25) is 0 Å². The number of fused-ring (bicyclic) bond motifs is 1. The molecule has 1 fully saturated rings. The van der Waals surface area contributed by atoms with Crippen LogP contribution in [0.4, 0.5) is 4.39 Å². The molecule has 4 aromatic rings. The number of aryl methyl sites for hydroxylation is 1. The average Bonchev–Trinajstić information content (AvgIpc) is 3.19. The number of carbonyl (C=O) groups excluding carboxylic acids is 1. The van der Waals surface area contributed by atoms with E-state index in [4.69, 9.17) is 0 Å². The predicted octanol–water partition coefficient (Wildman–Crippen LogP) is 4.58. The van der Waals surface area contributed by atoms with Gasteiger partial charge in [-0.15, -0.1) is 0 Å². The molecule has 0 aliphatic carbocycles. The molecule has 0 amide bonds. The summed E-state index contributed by atoms with van der Waals surface area (Å²) in [4.78, 5) is 24.2. The lowest BCUT2D eigenvalue weighted by Gasteiger charge is -2.26. The zero-order chi connectivity index (χ0) is 22.8. The molecule has 0 atom stereocenters. The number of benzene rings is 1. The molecule has 3 aromatic heterocycles. The molecule has 1 aromatic carbocycles. The monoisotopic (exact) mass is 443 g/mol. The third-order valence-electron chi connectivity index (χ3n) is 6.33. The molecule has 6 nitrogen and oxygen atoms in total. The molecule has 5 rings (SSSR count). The van der Waals surface area contributed by atoms with Gasteiger partial charge in [-0.3, -0.25) is 24.3 Å². The van der Waals surface area contributed by atoms with Crippen molar-refractivity contribution in [3.8, 4) is 11.3 Å². The molecule has 0 N–H and O–H groups in total. The van der Waals surface area contributed by atoms with Crippen LogP contribution in [0.3, 0.4) is 0 Å². The van der Waals surface area contributed by atoms with Crippen LogP contribution >= 0.6 is 0 Å². The lowest BCUT2D eigenvalue weighted by molar-refractivity contribution is 0.0992. The second-order valence-corrected chi connectivity index (χ2v) is 8.66. The summed E-state index contributed by atoms with van der Waals surface area (Å²) in [6.45, 7) is 3.10. The number of aromatic nitrogens is 4. The number of pyridine rings is 2. The van der Waals surface area contributed by atoms with Gasteiger partial charge in [0, 0.05) is 48.2 Å². The standard InChI is InChI=1S/C26H26FN5O/c1-31-25(17-32-9-3-2-4-10-32)23(16-30-31)24-12-19-11-22(28-14-20(19)15-29-24)13-26(33)18-5-7-21(27)8-6-18/h5-8,11-12,14-16H,2-4,9-10,13,17H2,1H3. The average molecular weight is 444 g/mol. The topological polar surface area (TPSA) is 63.9 Å². The Morgan fingerprint density at radius 2 is 1.73 bits per heavy atom. The van der Waals surface area contributed by atoms with Crippen LogP contribution in [0.15, 0.2) is 55.0 Å². The lowest BCUT2D eigenvalue weighted by atomic mass is 10.0. The Morgan fingerprint density at radius 1 is 0.970 bits per heavy atom. The first kappa shape index (κ1) is 21.4. The van der Waals surface area contributed by atoms with E-state index in [0.29, 0.717) is 11.3 Å². The second kappa shape index (κ2) is 9.19.